The van der Waals surface area contributed by atoms with Gasteiger partial charge in [-0.05, 0) is 37.1 Å². The first-order valence-corrected chi connectivity index (χ1v) is 8.02. The van der Waals surface area contributed by atoms with Gasteiger partial charge in [-0.2, -0.15) is 0 Å². The van der Waals surface area contributed by atoms with Gasteiger partial charge in [-0.25, -0.2) is 0 Å². The molecule has 0 aliphatic heterocycles. The van der Waals surface area contributed by atoms with Crippen LogP contribution in [0.25, 0.3) is 0 Å². The Morgan fingerprint density at radius 3 is 2.21 bits per heavy atom. The molecule has 4 heteroatoms. The summed E-state index contributed by atoms with van der Waals surface area (Å²) in [7, 11) is 1.64. The van der Waals surface area contributed by atoms with Gasteiger partial charge in [0, 0.05) is 25.8 Å². The van der Waals surface area contributed by atoms with Crippen molar-refractivity contribution in [3.63, 3.8) is 0 Å². The zero-order valence-electron chi connectivity index (χ0n) is 14.5. The minimum Gasteiger partial charge on any atom is -0.389 e. The number of carbonyl (C=O) groups is 1. The molecular weight excluding hydrogens is 302 g/mol. The highest BCUT2D eigenvalue weighted by Crippen LogP contribution is 2.15. The van der Waals surface area contributed by atoms with Crippen molar-refractivity contribution >= 4 is 5.91 Å². The number of methoxy groups -OCH3 is 1. The lowest BCUT2D eigenvalue weighted by Gasteiger charge is -2.29. The van der Waals surface area contributed by atoms with E-state index in [1.165, 1.54) is 0 Å². The van der Waals surface area contributed by atoms with Crippen molar-refractivity contribution < 1.29 is 14.6 Å². The Balaban J connectivity index is 2.20. The van der Waals surface area contributed by atoms with Gasteiger partial charge in [-0.1, -0.05) is 42.5 Å². The van der Waals surface area contributed by atoms with Crippen molar-refractivity contribution in [2.24, 2.45) is 0 Å². The van der Waals surface area contributed by atoms with Crippen LogP contribution in [0, 0.1) is 0 Å². The highest BCUT2D eigenvalue weighted by molar-refractivity contribution is 5.94. The zero-order valence-corrected chi connectivity index (χ0v) is 14.5. The molecule has 4 nitrogen and oxygen atoms in total. The van der Waals surface area contributed by atoms with Gasteiger partial charge in [0.2, 0.25) is 0 Å². The number of ether oxygens (including phenoxy) is 1. The van der Waals surface area contributed by atoms with E-state index in [0.717, 1.165) is 11.1 Å². The molecule has 0 saturated carbocycles. The maximum Gasteiger partial charge on any atom is 0.254 e. The quantitative estimate of drug-likeness (QED) is 0.849. The van der Waals surface area contributed by atoms with E-state index in [-0.39, 0.29) is 12.5 Å². The number of benzene rings is 2. The molecule has 2 rings (SSSR count). The Labute approximate surface area is 143 Å². The Kier molecular flexibility index (Phi) is 6.12. The molecule has 1 amide bonds. The third-order valence-electron chi connectivity index (χ3n) is 3.59. The summed E-state index contributed by atoms with van der Waals surface area (Å²) in [6, 6.07) is 17.2. The molecule has 0 aliphatic carbocycles. The number of amides is 1. The average Bonchev–Trinajstić information content (AvgIpc) is 2.54. The van der Waals surface area contributed by atoms with Crippen molar-refractivity contribution in [3.05, 3.63) is 71.3 Å². The lowest BCUT2D eigenvalue weighted by molar-refractivity contribution is 0.0280. The van der Waals surface area contributed by atoms with Gasteiger partial charge in [0.25, 0.3) is 5.91 Å². The van der Waals surface area contributed by atoms with Crippen LogP contribution in [0.4, 0.5) is 0 Å². The third kappa shape index (κ3) is 5.48. The molecule has 24 heavy (non-hydrogen) atoms. The molecule has 0 saturated heterocycles. The summed E-state index contributed by atoms with van der Waals surface area (Å²) in [6.45, 7) is 4.66. The summed E-state index contributed by atoms with van der Waals surface area (Å²) in [5.74, 6) is -0.0926. The molecule has 2 aromatic rings. The van der Waals surface area contributed by atoms with E-state index in [4.69, 9.17) is 4.74 Å². The van der Waals surface area contributed by atoms with Gasteiger partial charge in [-0.3, -0.25) is 4.79 Å². The van der Waals surface area contributed by atoms with Gasteiger partial charge in [0.1, 0.15) is 0 Å². The minimum atomic E-state index is -0.958. The van der Waals surface area contributed by atoms with Crippen LogP contribution in [0.2, 0.25) is 0 Å². The first-order valence-electron chi connectivity index (χ1n) is 8.02. The van der Waals surface area contributed by atoms with Gasteiger partial charge < -0.3 is 14.7 Å². The van der Waals surface area contributed by atoms with Crippen LogP contribution < -0.4 is 0 Å². The molecule has 0 aromatic heterocycles. The van der Waals surface area contributed by atoms with Crippen LogP contribution in [0.5, 0.6) is 0 Å². The highest BCUT2D eigenvalue weighted by atomic mass is 16.5. The summed E-state index contributed by atoms with van der Waals surface area (Å²) >= 11 is 0. The van der Waals surface area contributed by atoms with Crippen molar-refractivity contribution in [1.29, 1.82) is 0 Å². The van der Waals surface area contributed by atoms with Crippen LogP contribution >= 0.6 is 0 Å². The lowest BCUT2D eigenvalue weighted by Crippen LogP contribution is -2.41. The van der Waals surface area contributed by atoms with Crippen LogP contribution in [0.1, 0.15) is 35.3 Å². The maximum atomic E-state index is 12.9. The van der Waals surface area contributed by atoms with Crippen molar-refractivity contribution in [1.82, 2.24) is 4.90 Å². The fourth-order valence-electron chi connectivity index (χ4n) is 2.56. The molecule has 0 unspecified atom stereocenters. The molecule has 128 valence electrons. The van der Waals surface area contributed by atoms with Crippen LogP contribution in [-0.2, 0) is 17.9 Å². The van der Waals surface area contributed by atoms with E-state index >= 15 is 0 Å². The lowest BCUT2D eigenvalue weighted by atomic mass is 10.1. The monoisotopic (exact) mass is 327 g/mol. The van der Waals surface area contributed by atoms with Gasteiger partial charge in [-0.15, -0.1) is 0 Å². The summed E-state index contributed by atoms with van der Waals surface area (Å²) in [4.78, 5) is 14.6. The van der Waals surface area contributed by atoms with E-state index in [1.807, 2.05) is 42.5 Å². The molecule has 0 fully saturated rings. The molecule has 0 atom stereocenters. The summed E-state index contributed by atoms with van der Waals surface area (Å²) < 4.78 is 5.09. The van der Waals surface area contributed by atoms with Crippen molar-refractivity contribution in [2.45, 2.75) is 32.6 Å². The topological polar surface area (TPSA) is 49.8 Å². The summed E-state index contributed by atoms with van der Waals surface area (Å²) in [5, 5.41) is 10.2. The van der Waals surface area contributed by atoms with Crippen LogP contribution in [-0.4, -0.2) is 35.2 Å². The standard InChI is InChI=1S/C20H25NO3/c1-20(2,23)15-21(13-16-7-5-4-6-8-16)19(22)18-11-9-17(10-12-18)14-24-3/h4-12,23H,13-15H2,1-3H3. The van der Waals surface area contributed by atoms with Crippen molar-refractivity contribution in [3.8, 4) is 0 Å². The second kappa shape index (κ2) is 8.08. The number of rotatable bonds is 7. The molecular formula is C20H25NO3. The average molecular weight is 327 g/mol. The molecule has 0 bridgehead atoms. The molecule has 0 heterocycles. The van der Waals surface area contributed by atoms with E-state index in [9.17, 15) is 9.90 Å². The Morgan fingerprint density at radius 2 is 1.67 bits per heavy atom. The normalized spacial score (nSPS) is 11.3. The Bertz CT molecular complexity index is 645. The first kappa shape index (κ1) is 18.2. The fourth-order valence-corrected chi connectivity index (χ4v) is 2.56. The zero-order chi connectivity index (χ0) is 17.6. The molecule has 0 radical (unpaired) electrons. The highest BCUT2D eigenvalue weighted by Gasteiger charge is 2.23. The maximum absolute atomic E-state index is 12.9. The van der Waals surface area contributed by atoms with Gasteiger partial charge in [0.05, 0.1) is 12.2 Å². The van der Waals surface area contributed by atoms with Gasteiger partial charge in [0.15, 0.2) is 0 Å². The van der Waals surface area contributed by atoms with E-state index in [1.54, 1.807) is 38.0 Å². The fraction of sp³-hybridized carbons (Fsp3) is 0.350. The number of nitrogens with zero attached hydrogens (tertiary/aromatic N) is 1. The number of carbonyl (C=O) groups excluding carboxylic acids is 1. The molecule has 1 N–H and O–H groups in total. The number of hydrogen-bond donors (Lipinski definition) is 1. The van der Waals surface area contributed by atoms with E-state index in [2.05, 4.69) is 0 Å². The molecule has 2 aromatic carbocycles. The largest absolute Gasteiger partial charge is 0.389 e. The Morgan fingerprint density at radius 1 is 1.04 bits per heavy atom. The predicted octanol–water partition coefficient (Wildman–Crippen LogP) is 3.25. The number of aliphatic hydroxyl groups is 1. The second-order valence-corrected chi connectivity index (χ2v) is 6.59. The van der Waals surface area contributed by atoms with Gasteiger partial charge >= 0.3 is 0 Å². The van der Waals surface area contributed by atoms with E-state index in [0.29, 0.717) is 18.7 Å². The second-order valence-electron chi connectivity index (χ2n) is 6.59. The molecule has 0 aliphatic rings. The number of hydrogen-bond acceptors (Lipinski definition) is 3. The van der Waals surface area contributed by atoms with Crippen molar-refractivity contribution in [2.75, 3.05) is 13.7 Å². The molecule has 0 spiro atoms. The minimum absolute atomic E-state index is 0.0926. The SMILES string of the molecule is COCc1ccc(C(=O)N(Cc2ccccc2)CC(C)(C)O)cc1. The first-order chi connectivity index (χ1) is 11.4. The summed E-state index contributed by atoms with van der Waals surface area (Å²) in [6.07, 6.45) is 0. The van der Waals surface area contributed by atoms with Crippen LogP contribution in [0.3, 0.4) is 0 Å². The summed E-state index contributed by atoms with van der Waals surface area (Å²) in [5.41, 5.74) is 1.70. The van der Waals surface area contributed by atoms with Crippen LogP contribution in [0.15, 0.2) is 54.6 Å². The Hall–Kier alpha value is -2.17. The smallest absolute Gasteiger partial charge is 0.254 e. The van der Waals surface area contributed by atoms with E-state index < -0.39 is 5.60 Å². The predicted molar refractivity (Wildman–Crippen MR) is 94.6 cm³/mol. The third-order valence-corrected chi connectivity index (χ3v) is 3.59.